The molecule has 18 heavy (non-hydrogen) atoms. The van der Waals surface area contributed by atoms with Gasteiger partial charge in [-0.05, 0) is 19.1 Å². The minimum absolute atomic E-state index is 0.280. The number of carbonyl (C=O) groups is 2. The highest BCUT2D eigenvalue weighted by atomic mass is 35.5. The highest BCUT2D eigenvalue weighted by molar-refractivity contribution is 6.29. The van der Waals surface area contributed by atoms with Crippen molar-refractivity contribution in [1.82, 2.24) is 4.98 Å². The molecule has 0 saturated carbocycles. The van der Waals surface area contributed by atoms with Crippen molar-refractivity contribution in [2.75, 3.05) is 14.2 Å². The molecule has 5 nitrogen and oxygen atoms in total. The summed E-state index contributed by atoms with van der Waals surface area (Å²) in [4.78, 5) is 31.5. The summed E-state index contributed by atoms with van der Waals surface area (Å²) >= 11 is 5.64. The molecule has 0 bridgehead atoms. The van der Waals surface area contributed by atoms with Crippen LogP contribution < -0.4 is 0 Å². The monoisotopic (exact) mass is 268 g/mol. The van der Waals surface area contributed by atoms with Gasteiger partial charge in [0.2, 0.25) is 0 Å². The van der Waals surface area contributed by atoms with E-state index in [1.807, 2.05) is 0 Å². The second-order valence-corrected chi connectivity index (χ2v) is 3.94. The molecule has 1 unspecified atom stereocenters. The lowest BCUT2D eigenvalue weighted by Crippen LogP contribution is -2.31. The highest BCUT2D eigenvalue weighted by Crippen LogP contribution is 2.14. The highest BCUT2D eigenvalue weighted by Gasteiger charge is 2.31. The molecule has 0 amide bonds. The first kappa shape index (κ1) is 14.3. The molecule has 1 heterocycles. The molecule has 0 aliphatic heterocycles. The molecule has 0 aromatic carbocycles. The fourth-order valence-corrected chi connectivity index (χ4v) is 1.51. The summed E-state index contributed by atoms with van der Waals surface area (Å²) < 4.78 is 4.61. The third-order valence-electron chi connectivity index (χ3n) is 2.48. The molecule has 0 aliphatic carbocycles. The van der Waals surface area contributed by atoms with Gasteiger partial charge in [-0.15, -0.1) is 0 Å². The Balaban J connectivity index is 3.10. The van der Waals surface area contributed by atoms with Gasteiger partial charge in [-0.25, -0.2) is 4.98 Å². The van der Waals surface area contributed by atoms with Crippen molar-refractivity contribution < 1.29 is 14.3 Å². The average molecular weight is 269 g/mol. The van der Waals surface area contributed by atoms with Crippen LogP contribution in [0.5, 0.6) is 0 Å². The number of halogens is 1. The van der Waals surface area contributed by atoms with Crippen molar-refractivity contribution in [3.8, 4) is 0 Å². The number of aromatic nitrogens is 1. The molecule has 0 fully saturated rings. The van der Waals surface area contributed by atoms with Gasteiger partial charge in [-0.1, -0.05) is 11.6 Å². The van der Waals surface area contributed by atoms with Crippen LogP contribution in [0.2, 0.25) is 5.15 Å². The van der Waals surface area contributed by atoms with Gasteiger partial charge in [0.05, 0.1) is 7.11 Å². The van der Waals surface area contributed by atoms with Crippen molar-refractivity contribution in [2.24, 2.45) is 10.9 Å². The van der Waals surface area contributed by atoms with Crippen molar-refractivity contribution in [3.63, 3.8) is 0 Å². The van der Waals surface area contributed by atoms with Crippen LogP contribution in [0.25, 0.3) is 0 Å². The number of esters is 1. The van der Waals surface area contributed by atoms with Gasteiger partial charge in [0, 0.05) is 24.5 Å². The number of ether oxygens (including phenoxy) is 1. The zero-order valence-electron chi connectivity index (χ0n) is 10.3. The quantitative estimate of drug-likeness (QED) is 0.274. The lowest BCUT2D eigenvalue weighted by Gasteiger charge is -2.12. The first-order valence-electron chi connectivity index (χ1n) is 5.18. The van der Waals surface area contributed by atoms with Crippen molar-refractivity contribution in [1.29, 1.82) is 0 Å². The van der Waals surface area contributed by atoms with Crippen molar-refractivity contribution >= 4 is 29.1 Å². The maximum Gasteiger partial charge on any atom is 0.322 e. The number of rotatable bonds is 4. The van der Waals surface area contributed by atoms with Crippen LogP contribution in [0.1, 0.15) is 17.3 Å². The van der Waals surface area contributed by atoms with Gasteiger partial charge < -0.3 is 4.74 Å². The Hall–Kier alpha value is -1.75. The third kappa shape index (κ3) is 3.13. The number of aliphatic imine (C=N–C) groups is 1. The van der Waals surface area contributed by atoms with Gasteiger partial charge in [0.15, 0.2) is 11.7 Å². The van der Waals surface area contributed by atoms with E-state index in [4.69, 9.17) is 11.6 Å². The maximum atomic E-state index is 12.2. The Bertz CT molecular complexity index is 483. The summed E-state index contributed by atoms with van der Waals surface area (Å²) in [5.41, 5.74) is 0.680. The number of hydrogen-bond donors (Lipinski definition) is 0. The fourth-order valence-electron chi connectivity index (χ4n) is 1.40. The maximum absolute atomic E-state index is 12.2. The van der Waals surface area contributed by atoms with E-state index in [0.717, 1.165) is 0 Å². The van der Waals surface area contributed by atoms with Crippen LogP contribution >= 0.6 is 11.6 Å². The first-order chi connectivity index (χ1) is 8.51. The smallest absolute Gasteiger partial charge is 0.322 e. The third-order valence-corrected chi connectivity index (χ3v) is 2.71. The summed E-state index contributed by atoms with van der Waals surface area (Å²) in [6.07, 6.45) is 1.32. The summed E-state index contributed by atoms with van der Waals surface area (Å²) in [7, 11) is 2.74. The van der Waals surface area contributed by atoms with Crippen LogP contribution in [0.15, 0.2) is 23.3 Å². The predicted octanol–water partition coefficient (Wildman–Crippen LogP) is 1.80. The van der Waals surface area contributed by atoms with E-state index in [1.165, 1.54) is 32.5 Å². The molecular formula is C12H13ClN2O3. The Kier molecular flexibility index (Phi) is 4.97. The van der Waals surface area contributed by atoms with E-state index in [0.29, 0.717) is 5.71 Å². The molecule has 1 atom stereocenters. The molecule has 6 heteroatoms. The molecule has 1 aromatic heterocycles. The number of hydrogen-bond acceptors (Lipinski definition) is 5. The predicted molar refractivity (Wildman–Crippen MR) is 68.1 cm³/mol. The summed E-state index contributed by atoms with van der Waals surface area (Å²) in [5.74, 6) is -2.09. The molecule has 0 saturated heterocycles. The molecule has 96 valence electrons. The number of carbonyl (C=O) groups excluding carboxylic acids is 2. The SMILES string of the molecule is C/N=C(\C)C(C(=O)OC)C(=O)c1ccc(Cl)nc1. The Labute approximate surface area is 110 Å². The van der Waals surface area contributed by atoms with Gasteiger partial charge in [-0.3, -0.25) is 14.6 Å². The zero-order chi connectivity index (χ0) is 13.7. The second-order valence-electron chi connectivity index (χ2n) is 3.56. The lowest BCUT2D eigenvalue weighted by atomic mass is 9.94. The molecular weight excluding hydrogens is 256 g/mol. The van der Waals surface area contributed by atoms with Gasteiger partial charge in [-0.2, -0.15) is 0 Å². The van der Waals surface area contributed by atoms with Crippen molar-refractivity contribution in [2.45, 2.75) is 6.92 Å². The number of pyridine rings is 1. The number of ketones is 1. The van der Waals surface area contributed by atoms with Gasteiger partial charge in [0.25, 0.3) is 0 Å². The topological polar surface area (TPSA) is 68.6 Å². The lowest BCUT2D eigenvalue weighted by molar-refractivity contribution is -0.141. The van der Waals surface area contributed by atoms with E-state index in [1.54, 1.807) is 6.92 Å². The normalized spacial score (nSPS) is 13.0. The fraction of sp³-hybridized carbons (Fsp3) is 0.333. The van der Waals surface area contributed by atoms with Crippen molar-refractivity contribution in [3.05, 3.63) is 29.0 Å². The Morgan fingerprint density at radius 2 is 2.11 bits per heavy atom. The number of Topliss-reactive ketones (excluding diaryl/α,β-unsaturated/α-hetero) is 1. The molecule has 0 N–H and O–H groups in total. The average Bonchev–Trinajstić information content (AvgIpc) is 2.39. The van der Waals surface area contributed by atoms with E-state index in [-0.39, 0.29) is 10.7 Å². The molecule has 1 aromatic rings. The number of methoxy groups -OCH3 is 1. The number of nitrogens with zero attached hydrogens (tertiary/aromatic N) is 2. The summed E-state index contributed by atoms with van der Waals surface area (Å²) in [5, 5.41) is 0.280. The standard InChI is InChI=1S/C12H13ClN2O3/c1-7(14-2)10(12(17)18-3)11(16)8-4-5-9(13)15-6-8/h4-6,10H,1-3H3/b14-7+. The van der Waals surface area contributed by atoms with Crippen LogP contribution in [0.4, 0.5) is 0 Å². The van der Waals surface area contributed by atoms with Crippen LogP contribution in [-0.4, -0.2) is 36.6 Å². The zero-order valence-corrected chi connectivity index (χ0v) is 11.1. The minimum atomic E-state index is -1.04. The van der Waals surface area contributed by atoms with Gasteiger partial charge >= 0.3 is 5.97 Å². The first-order valence-corrected chi connectivity index (χ1v) is 5.56. The molecule has 0 spiro atoms. The van der Waals surface area contributed by atoms with E-state index in [9.17, 15) is 9.59 Å². The largest absolute Gasteiger partial charge is 0.468 e. The molecule has 1 rings (SSSR count). The molecule has 0 aliphatic rings. The summed E-state index contributed by atoms with van der Waals surface area (Å²) in [6, 6.07) is 3.00. The summed E-state index contributed by atoms with van der Waals surface area (Å²) in [6.45, 7) is 1.60. The van der Waals surface area contributed by atoms with Crippen LogP contribution in [0, 0.1) is 5.92 Å². The van der Waals surface area contributed by atoms with Crippen LogP contribution in [-0.2, 0) is 9.53 Å². The van der Waals surface area contributed by atoms with Crippen LogP contribution in [0.3, 0.4) is 0 Å². The Morgan fingerprint density at radius 3 is 2.56 bits per heavy atom. The Morgan fingerprint density at radius 1 is 1.44 bits per heavy atom. The van der Waals surface area contributed by atoms with E-state index < -0.39 is 17.7 Å². The van der Waals surface area contributed by atoms with E-state index >= 15 is 0 Å². The van der Waals surface area contributed by atoms with E-state index in [2.05, 4.69) is 14.7 Å². The molecule has 0 radical (unpaired) electrons. The second kappa shape index (κ2) is 6.26. The minimum Gasteiger partial charge on any atom is -0.468 e. The van der Waals surface area contributed by atoms with Gasteiger partial charge in [0.1, 0.15) is 5.15 Å².